The number of rotatable bonds is 31. The monoisotopic (exact) mass is 616 g/mol. The molecule has 0 saturated carbocycles. The number of ether oxygens (including phenoxy) is 1. The van der Waals surface area contributed by atoms with Crippen LogP contribution in [0.5, 0.6) is 0 Å². The first-order chi connectivity index (χ1) is 19.3. The van der Waals surface area contributed by atoms with Crippen LogP contribution in [0.2, 0.25) is 0 Å². The average molecular weight is 617 g/mol. The molecule has 0 aromatic carbocycles. The van der Waals surface area contributed by atoms with E-state index in [0.717, 1.165) is 25.7 Å². The molecule has 0 aromatic heterocycles. The number of carboxylic acid groups (broad SMARTS) is 1. The number of carboxylic acids is 1. The van der Waals surface area contributed by atoms with Gasteiger partial charge in [-0.05, 0) is 19.3 Å². The molecular formula is C32H64MgO7S. The van der Waals surface area contributed by atoms with Crippen LogP contribution >= 0.6 is 0 Å². The van der Waals surface area contributed by atoms with Gasteiger partial charge in [0.25, 0.3) is 0 Å². The van der Waals surface area contributed by atoms with Crippen LogP contribution < -0.4 is 5.11 Å². The first-order valence-corrected chi connectivity index (χ1v) is 18.0. The Bertz CT molecular complexity index is 603. The maximum Gasteiger partial charge on any atom is 2.00 e. The van der Waals surface area contributed by atoms with Crippen LogP contribution in [0.25, 0.3) is 0 Å². The van der Waals surface area contributed by atoms with Gasteiger partial charge in [-0.3, -0.25) is 4.18 Å². The Morgan fingerprint density at radius 2 is 0.829 bits per heavy atom. The van der Waals surface area contributed by atoms with Gasteiger partial charge < -0.3 is 19.2 Å². The predicted molar refractivity (Wildman–Crippen MR) is 169 cm³/mol. The van der Waals surface area contributed by atoms with Crippen molar-refractivity contribution in [2.75, 3.05) is 19.8 Å². The van der Waals surface area contributed by atoms with Crippen molar-refractivity contribution in [1.29, 1.82) is 0 Å². The summed E-state index contributed by atoms with van der Waals surface area (Å²) < 4.78 is 39.5. The molecule has 0 aliphatic carbocycles. The normalized spacial score (nSPS) is 11.1. The van der Waals surface area contributed by atoms with E-state index in [1.807, 2.05) is 0 Å². The molecule has 0 heterocycles. The molecule has 41 heavy (non-hydrogen) atoms. The molecule has 242 valence electrons. The van der Waals surface area contributed by atoms with E-state index < -0.39 is 16.4 Å². The van der Waals surface area contributed by atoms with E-state index in [-0.39, 0.29) is 42.7 Å². The fourth-order valence-corrected chi connectivity index (χ4v) is 4.90. The van der Waals surface area contributed by atoms with E-state index in [1.165, 1.54) is 135 Å². The Labute approximate surface area is 270 Å². The zero-order chi connectivity index (χ0) is 30.0. The number of hydrogen-bond acceptors (Lipinski definition) is 7. The Balaban J connectivity index is -0.000000688. The minimum atomic E-state index is -4.57. The van der Waals surface area contributed by atoms with E-state index in [9.17, 15) is 22.9 Å². The molecule has 0 rings (SSSR count). The number of carbonyl (C=O) groups is 1. The predicted octanol–water partition coefficient (Wildman–Crippen LogP) is 8.02. The van der Waals surface area contributed by atoms with E-state index in [0.29, 0.717) is 6.61 Å². The van der Waals surface area contributed by atoms with Gasteiger partial charge in [-0.15, -0.1) is 0 Å². The van der Waals surface area contributed by atoms with E-state index in [1.54, 1.807) is 0 Å². The Kier molecular flexibility index (Phi) is 42.3. The summed E-state index contributed by atoms with van der Waals surface area (Å²) in [6.45, 7) is 5.05. The molecule has 0 aliphatic heterocycles. The number of hydrogen-bond donors (Lipinski definition) is 0. The summed E-state index contributed by atoms with van der Waals surface area (Å²) in [5.41, 5.74) is 0. The summed E-state index contributed by atoms with van der Waals surface area (Å²) in [5.74, 6) is -0.903. The van der Waals surface area contributed by atoms with Gasteiger partial charge in [0.1, 0.15) is 0 Å². The third kappa shape index (κ3) is 50.0. The summed E-state index contributed by atoms with van der Waals surface area (Å²) in [6, 6.07) is 0. The second-order valence-electron chi connectivity index (χ2n) is 11.1. The number of aliphatic carboxylic acids is 1. The molecule has 9 heteroatoms. The molecule has 7 nitrogen and oxygen atoms in total. The second kappa shape index (κ2) is 38.1. The van der Waals surface area contributed by atoms with E-state index >= 15 is 0 Å². The minimum Gasteiger partial charge on any atom is -0.726 e. The zero-order valence-corrected chi connectivity index (χ0v) is 29.2. The summed E-state index contributed by atoms with van der Waals surface area (Å²) >= 11 is 0. The maximum absolute atomic E-state index is 10.2. The van der Waals surface area contributed by atoms with Crippen molar-refractivity contribution in [2.45, 2.75) is 181 Å². The SMILES string of the molecule is CCCCCCCCCCCCCCCCCC(=O)[O-].CCCCCCCCCCCCOCCOS(=O)(=O)[O-].[Mg+2]. The third-order valence-corrected chi connectivity index (χ3v) is 7.54. The van der Waals surface area contributed by atoms with Crippen LogP contribution in [0, 0.1) is 0 Å². The molecule has 0 amide bonds. The molecule has 0 aromatic rings. The minimum absolute atomic E-state index is 0. The molecule has 0 atom stereocenters. The smallest absolute Gasteiger partial charge is 0.726 e. The van der Waals surface area contributed by atoms with Crippen molar-refractivity contribution >= 4 is 39.4 Å². The third-order valence-electron chi connectivity index (χ3n) is 7.08. The molecular weight excluding hydrogens is 553 g/mol. The van der Waals surface area contributed by atoms with Crippen LogP contribution in [-0.4, -0.2) is 61.8 Å². The summed E-state index contributed by atoms with van der Waals surface area (Å²) in [4.78, 5) is 10.2. The van der Waals surface area contributed by atoms with Crippen LogP contribution in [0.4, 0.5) is 0 Å². The van der Waals surface area contributed by atoms with Crippen LogP contribution in [-0.2, 0) is 24.1 Å². The Hall–Kier alpha value is 0.0662. The Morgan fingerprint density at radius 3 is 1.15 bits per heavy atom. The fraction of sp³-hybridized carbons (Fsp3) is 0.969. The summed E-state index contributed by atoms with van der Waals surface area (Å²) in [6.07, 6.45) is 32.5. The van der Waals surface area contributed by atoms with Gasteiger partial charge in [-0.1, -0.05) is 162 Å². The summed E-state index contributed by atoms with van der Waals surface area (Å²) in [7, 11) is -4.57. The quantitative estimate of drug-likeness (QED) is 0.0335. The van der Waals surface area contributed by atoms with Gasteiger partial charge in [0.2, 0.25) is 10.4 Å². The molecule has 0 spiro atoms. The molecule has 0 radical (unpaired) electrons. The molecule has 0 saturated heterocycles. The van der Waals surface area contributed by atoms with Gasteiger partial charge in [0.15, 0.2) is 0 Å². The number of unbranched alkanes of at least 4 members (excludes halogenated alkanes) is 23. The van der Waals surface area contributed by atoms with Crippen molar-refractivity contribution in [3.8, 4) is 0 Å². The van der Waals surface area contributed by atoms with Gasteiger partial charge in [0.05, 0.1) is 13.2 Å². The largest absolute Gasteiger partial charge is 2.00 e. The molecule has 0 unspecified atom stereocenters. The maximum atomic E-state index is 10.2. The van der Waals surface area contributed by atoms with Gasteiger partial charge in [-0.25, -0.2) is 8.42 Å². The van der Waals surface area contributed by atoms with Gasteiger partial charge in [0, 0.05) is 12.6 Å². The number of carbonyl (C=O) groups excluding carboxylic acids is 1. The molecule has 0 bridgehead atoms. The van der Waals surface area contributed by atoms with Crippen LogP contribution in [0.1, 0.15) is 181 Å². The standard InChI is InChI=1S/C18H36O2.C14H30O5S.Mg/c1-2-3-4-5-6-7-8-9-10-11-12-13-14-15-16-17-18(19)20;1-2-3-4-5-6-7-8-9-10-11-12-18-13-14-19-20(15,16)17;/h2-17H2,1H3,(H,19,20);2-14H2,1H3,(H,15,16,17);/q;;+2/p-2. The Morgan fingerprint density at radius 1 is 0.512 bits per heavy atom. The molecule has 0 N–H and O–H groups in total. The van der Waals surface area contributed by atoms with Gasteiger partial charge >= 0.3 is 23.1 Å². The van der Waals surface area contributed by atoms with Crippen molar-refractivity contribution < 1.29 is 31.8 Å². The van der Waals surface area contributed by atoms with Crippen LogP contribution in [0.3, 0.4) is 0 Å². The first kappa shape index (κ1) is 45.5. The zero-order valence-electron chi connectivity index (χ0n) is 27.0. The first-order valence-electron chi connectivity index (χ1n) is 16.7. The van der Waals surface area contributed by atoms with Gasteiger partial charge in [-0.2, -0.15) is 0 Å². The average Bonchev–Trinajstić information content (AvgIpc) is 2.90. The van der Waals surface area contributed by atoms with E-state index in [2.05, 4.69) is 18.0 Å². The second-order valence-corrected chi connectivity index (χ2v) is 12.1. The van der Waals surface area contributed by atoms with Crippen molar-refractivity contribution in [2.24, 2.45) is 0 Å². The van der Waals surface area contributed by atoms with Crippen molar-refractivity contribution in [1.82, 2.24) is 0 Å². The van der Waals surface area contributed by atoms with E-state index in [4.69, 9.17) is 4.74 Å². The molecule has 0 fully saturated rings. The van der Waals surface area contributed by atoms with Crippen molar-refractivity contribution in [3.63, 3.8) is 0 Å². The summed E-state index contributed by atoms with van der Waals surface area (Å²) in [5, 5.41) is 10.2. The molecule has 0 aliphatic rings. The van der Waals surface area contributed by atoms with Crippen LogP contribution in [0.15, 0.2) is 0 Å². The topological polar surface area (TPSA) is 116 Å². The fourth-order valence-electron chi connectivity index (χ4n) is 4.63. The van der Waals surface area contributed by atoms with Crippen molar-refractivity contribution in [3.05, 3.63) is 0 Å².